The van der Waals surface area contributed by atoms with E-state index in [1.165, 1.54) is 4.52 Å². The van der Waals surface area contributed by atoms with Gasteiger partial charge in [0.1, 0.15) is 0 Å². The van der Waals surface area contributed by atoms with E-state index in [-0.39, 0.29) is 11.3 Å². The van der Waals surface area contributed by atoms with Crippen LogP contribution in [0, 0.1) is 0 Å². The minimum absolute atomic E-state index is 0.0544. The van der Waals surface area contributed by atoms with Gasteiger partial charge < -0.3 is 5.73 Å². The molecule has 15 heavy (non-hydrogen) atoms. The number of amides is 1. The van der Waals surface area contributed by atoms with Crippen molar-refractivity contribution < 1.29 is 9.59 Å². The minimum atomic E-state index is -0.740. The number of pyridine rings is 1. The number of nitrogens with two attached hydrogens (primary N) is 1. The molecule has 0 saturated heterocycles. The van der Waals surface area contributed by atoms with E-state index in [1.807, 2.05) is 0 Å². The first-order chi connectivity index (χ1) is 7.11. The molecule has 6 heteroatoms. The van der Waals surface area contributed by atoms with Crippen LogP contribution >= 0.6 is 12.6 Å². The van der Waals surface area contributed by atoms with Gasteiger partial charge in [-0.25, -0.2) is 4.52 Å². The van der Waals surface area contributed by atoms with Gasteiger partial charge in [0, 0.05) is 6.20 Å². The third-order valence-corrected chi connectivity index (χ3v) is 2.21. The SMILES string of the molecule is NC(=O)c1nn2ccccc2c1C(=O)S. The number of primary amides is 1. The lowest BCUT2D eigenvalue weighted by Gasteiger charge is -1.92. The second kappa shape index (κ2) is 3.39. The largest absolute Gasteiger partial charge is 0.364 e. The summed E-state index contributed by atoms with van der Waals surface area (Å²) in [5, 5.41) is 3.38. The molecular formula is C9H7N3O2S. The van der Waals surface area contributed by atoms with Gasteiger partial charge in [-0.3, -0.25) is 9.59 Å². The summed E-state index contributed by atoms with van der Waals surface area (Å²) in [5.41, 5.74) is 5.73. The highest BCUT2D eigenvalue weighted by Gasteiger charge is 2.20. The molecule has 2 heterocycles. The summed E-state index contributed by atoms with van der Waals surface area (Å²) in [7, 11) is 0. The highest BCUT2D eigenvalue weighted by Crippen LogP contribution is 2.17. The second-order valence-corrected chi connectivity index (χ2v) is 3.33. The van der Waals surface area contributed by atoms with Gasteiger partial charge in [0.25, 0.3) is 5.91 Å². The number of hydrogen-bond donors (Lipinski definition) is 2. The maximum absolute atomic E-state index is 11.2. The van der Waals surface area contributed by atoms with E-state index in [4.69, 9.17) is 5.73 Å². The molecule has 0 aliphatic rings. The fraction of sp³-hybridized carbons (Fsp3) is 0. The first kappa shape index (κ1) is 9.72. The van der Waals surface area contributed by atoms with Crippen LogP contribution in [0.2, 0.25) is 0 Å². The first-order valence-corrected chi connectivity index (χ1v) is 4.56. The molecule has 5 nitrogen and oxygen atoms in total. The number of rotatable bonds is 2. The van der Waals surface area contributed by atoms with Crippen LogP contribution in [0.4, 0.5) is 0 Å². The molecule has 0 aromatic carbocycles. The Morgan fingerprint density at radius 2 is 2.13 bits per heavy atom. The van der Waals surface area contributed by atoms with Gasteiger partial charge in [-0.05, 0) is 12.1 Å². The van der Waals surface area contributed by atoms with Crippen molar-refractivity contribution in [2.45, 2.75) is 0 Å². The van der Waals surface area contributed by atoms with E-state index in [9.17, 15) is 9.59 Å². The highest BCUT2D eigenvalue weighted by atomic mass is 32.1. The number of nitrogens with zero attached hydrogens (tertiary/aromatic N) is 2. The summed E-state index contributed by atoms with van der Waals surface area (Å²) in [6.45, 7) is 0. The number of thiol groups is 1. The van der Waals surface area contributed by atoms with E-state index in [1.54, 1.807) is 24.4 Å². The van der Waals surface area contributed by atoms with Crippen molar-refractivity contribution in [3.8, 4) is 0 Å². The Labute approximate surface area is 90.3 Å². The average molecular weight is 221 g/mol. The molecule has 0 saturated carbocycles. The Morgan fingerprint density at radius 3 is 2.73 bits per heavy atom. The van der Waals surface area contributed by atoms with Crippen molar-refractivity contribution in [3.63, 3.8) is 0 Å². The van der Waals surface area contributed by atoms with Crippen LogP contribution in [0.25, 0.3) is 5.52 Å². The molecule has 0 fully saturated rings. The summed E-state index contributed by atoms with van der Waals surface area (Å²) in [6, 6.07) is 5.14. The average Bonchev–Trinajstić information content (AvgIpc) is 2.56. The maximum atomic E-state index is 11.2. The number of carbonyl (C=O) groups is 2. The van der Waals surface area contributed by atoms with E-state index in [2.05, 4.69) is 17.7 Å². The summed E-state index contributed by atoms with van der Waals surface area (Å²) in [4.78, 5) is 22.3. The first-order valence-electron chi connectivity index (χ1n) is 4.11. The summed E-state index contributed by atoms with van der Waals surface area (Å²) >= 11 is 3.69. The molecule has 2 aromatic heterocycles. The number of aromatic nitrogens is 2. The topological polar surface area (TPSA) is 77.5 Å². The molecule has 0 unspecified atom stereocenters. The van der Waals surface area contributed by atoms with Crippen LogP contribution in [0.1, 0.15) is 20.8 Å². The van der Waals surface area contributed by atoms with Gasteiger partial charge in [0.05, 0.1) is 11.1 Å². The molecule has 0 spiro atoms. The summed E-state index contributed by atoms with van der Waals surface area (Å²) in [6.07, 6.45) is 1.63. The fourth-order valence-corrected chi connectivity index (χ4v) is 1.60. The Morgan fingerprint density at radius 1 is 1.40 bits per heavy atom. The Bertz CT molecular complexity index is 561. The lowest BCUT2D eigenvalue weighted by molar-refractivity contribution is 0.0986. The molecule has 0 aliphatic heterocycles. The van der Waals surface area contributed by atoms with Crippen LogP contribution in [0.15, 0.2) is 24.4 Å². The Balaban J connectivity index is 2.86. The zero-order chi connectivity index (χ0) is 11.0. The number of fused-ring (bicyclic) bond motifs is 1. The predicted molar refractivity (Wildman–Crippen MR) is 57.0 cm³/mol. The summed E-state index contributed by atoms with van der Waals surface area (Å²) < 4.78 is 1.42. The predicted octanol–water partition coefficient (Wildman–Crippen LogP) is 0.503. The van der Waals surface area contributed by atoms with E-state index in [0.717, 1.165) is 0 Å². The van der Waals surface area contributed by atoms with E-state index in [0.29, 0.717) is 5.52 Å². The standard InChI is InChI=1S/C9H7N3O2S/c10-8(13)7-6(9(14)15)5-3-1-2-4-12(5)11-7/h1-4H,(H2,10,13)(H,14,15). The molecule has 1 amide bonds. The summed E-state index contributed by atoms with van der Waals surface area (Å²) in [5.74, 6) is -0.740. The van der Waals surface area contributed by atoms with Crippen molar-refractivity contribution in [2.75, 3.05) is 0 Å². The zero-order valence-electron chi connectivity index (χ0n) is 7.54. The normalized spacial score (nSPS) is 10.5. The third kappa shape index (κ3) is 1.48. The maximum Gasteiger partial charge on any atom is 0.270 e. The van der Waals surface area contributed by atoms with Crippen LogP contribution in [-0.4, -0.2) is 20.6 Å². The molecule has 0 radical (unpaired) electrons. The molecule has 2 rings (SSSR count). The molecular weight excluding hydrogens is 214 g/mol. The second-order valence-electron chi connectivity index (χ2n) is 2.92. The van der Waals surface area contributed by atoms with Gasteiger partial charge in [0.2, 0.25) is 5.12 Å². The molecule has 76 valence electrons. The van der Waals surface area contributed by atoms with Gasteiger partial charge in [-0.15, -0.1) is 12.6 Å². The van der Waals surface area contributed by atoms with Crippen molar-refractivity contribution in [1.82, 2.24) is 9.61 Å². The van der Waals surface area contributed by atoms with Gasteiger partial charge in [0.15, 0.2) is 5.69 Å². The van der Waals surface area contributed by atoms with Crippen molar-refractivity contribution in [2.24, 2.45) is 5.73 Å². The number of carbonyl (C=O) groups excluding carboxylic acids is 2. The number of hydrogen-bond acceptors (Lipinski definition) is 3. The van der Waals surface area contributed by atoms with Crippen LogP contribution < -0.4 is 5.73 Å². The fourth-order valence-electron chi connectivity index (χ4n) is 1.38. The zero-order valence-corrected chi connectivity index (χ0v) is 8.44. The lowest BCUT2D eigenvalue weighted by Crippen LogP contribution is -2.14. The van der Waals surface area contributed by atoms with Crippen molar-refractivity contribution in [3.05, 3.63) is 35.7 Å². The van der Waals surface area contributed by atoms with Gasteiger partial charge >= 0.3 is 0 Å². The van der Waals surface area contributed by atoms with Gasteiger partial charge in [-0.2, -0.15) is 5.10 Å². The van der Waals surface area contributed by atoms with Crippen molar-refractivity contribution >= 4 is 29.2 Å². The molecule has 0 atom stereocenters. The molecule has 0 aliphatic carbocycles. The third-order valence-electron chi connectivity index (χ3n) is 1.99. The van der Waals surface area contributed by atoms with Gasteiger partial charge in [-0.1, -0.05) is 6.07 Å². The lowest BCUT2D eigenvalue weighted by atomic mass is 10.2. The quantitative estimate of drug-likeness (QED) is 0.725. The Kier molecular flexibility index (Phi) is 2.20. The Hall–Kier alpha value is -1.82. The molecule has 2 aromatic rings. The van der Waals surface area contributed by atoms with E-state index >= 15 is 0 Å². The smallest absolute Gasteiger partial charge is 0.270 e. The highest BCUT2D eigenvalue weighted by molar-refractivity contribution is 7.97. The van der Waals surface area contributed by atoms with Crippen LogP contribution in [0.3, 0.4) is 0 Å². The minimum Gasteiger partial charge on any atom is -0.364 e. The monoisotopic (exact) mass is 221 g/mol. The molecule has 2 N–H and O–H groups in total. The molecule has 0 bridgehead atoms. The van der Waals surface area contributed by atoms with Crippen LogP contribution in [0.5, 0.6) is 0 Å². The van der Waals surface area contributed by atoms with E-state index < -0.39 is 11.0 Å². The van der Waals surface area contributed by atoms with Crippen LogP contribution in [-0.2, 0) is 0 Å². The van der Waals surface area contributed by atoms with Crippen molar-refractivity contribution in [1.29, 1.82) is 0 Å².